The zero-order valence-corrected chi connectivity index (χ0v) is 32.9. The van der Waals surface area contributed by atoms with E-state index in [9.17, 15) is 19.2 Å². The Bertz CT molecular complexity index is 1920. The average molecular weight is 793 g/mol. The van der Waals surface area contributed by atoms with Gasteiger partial charge in [-0.25, -0.2) is 9.98 Å². The highest BCUT2D eigenvalue weighted by Crippen LogP contribution is 2.35. The number of para-hydroxylation sites is 6. The van der Waals surface area contributed by atoms with E-state index in [4.69, 9.17) is 19.5 Å². The van der Waals surface area contributed by atoms with E-state index in [1.54, 1.807) is 34.1 Å². The summed E-state index contributed by atoms with van der Waals surface area (Å²) in [4.78, 5) is 66.4. The van der Waals surface area contributed by atoms with Gasteiger partial charge in [0.25, 0.3) is 0 Å². The number of benzene rings is 4. The lowest BCUT2D eigenvalue weighted by Crippen LogP contribution is -2.34. The summed E-state index contributed by atoms with van der Waals surface area (Å²) in [7, 11) is 3.08. The molecule has 2 atom stereocenters. The van der Waals surface area contributed by atoms with Crippen molar-refractivity contribution >= 4 is 80.2 Å². The van der Waals surface area contributed by atoms with E-state index >= 15 is 0 Å². The molecule has 2 N–H and O–H groups in total. The Kier molecular flexibility index (Phi) is 14.2. The third kappa shape index (κ3) is 10.6. The summed E-state index contributed by atoms with van der Waals surface area (Å²) in [6.07, 6.45) is 3.00. The maximum atomic E-state index is 13.7. The number of carbonyl (C=O) groups is 4. The number of thioether (sulfide) groups is 2. The maximum absolute atomic E-state index is 13.7. The standard InChI is InChI=1S/C42H44N6O6S2/c1-53-33-23-13-11-21-31(33)45-37(49)27-35-39(51)47(41(55-35)43-29-17-7-5-8-18-29)25-15-3-4-16-26-48-40(52)36(56-42(48)44-30-19-9-6-10-20-30)28-38(50)46-32-22-12-14-24-34(32)54-2/h5-14,17-24,35-36H,3-4,15-16,25-28H2,1-2H3,(H,45,49)(H,46,50)/t35-,36+. The van der Waals surface area contributed by atoms with Crippen LogP contribution < -0.4 is 20.1 Å². The van der Waals surface area contributed by atoms with Gasteiger partial charge in [0, 0.05) is 25.9 Å². The van der Waals surface area contributed by atoms with Crippen molar-refractivity contribution in [2.75, 3.05) is 37.9 Å². The van der Waals surface area contributed by atoms with Crippen molar-refractivity contribution in [2.45, 2.75) is 49.0 Å². The Morgan fingerprint density at radius 3 is 1.34 bits per heavy atom. The van der Waals surface area contributed by atoms with Crippen molar-refractivity contribution in [3.8, 4) is 11.5 Å². The minimum Gasteiger partial charge on any atom is -0.495 e. The first-order valence-corrected chi connectivity index (χ1v) is 20.2. The first-order chi connectivity index (χ1) is 27.3. The molecule has 0 bridgehead atoms. The highest BCUT2D eigenvalue weighted by molar-refractivity contribution is 8.15. The number of carbonyl (C=O) groups excluding carboxylic acids is 4. The maximum Gasteiger partial charge on any atom is 0.242 e. The lowest BCUT2D eigenvalue weighted by atomic mass is 10.1. The Labute approximate surface area is 335 Å². The molecular formula is C42H44N6O6S2. The van der Waals surface area contributed by atoms with Crippen LogP contribution in [0.3, 0.4) is 0 Å². The van der Waals surface area contributed by atoms with E-state index in [0.29, 0.717) is 59.1 Å². The normalized spacial score (nSPS) is 18.1. The number of hydrogen-bond donors (Lipinski definition) is 2. The summed E-state index contributed by atoms with van der Waals surface area (Å²) in [5, 5.41) is 5.66. The monoisotopic (exact) mass is 792 g/mol. The highest BCUT2D eigenvalue weighted by atomic mass is 32.2. The van der Waals surface area contributed by atoms with E-state index in [2.05, 4.69) is 10.6 Å². The van der Waals surface area contributed by atoms with Gasteiger partial charge in [0.2, 0.25) is 23.6 Å². The number of aliphatic imine (C=N–C) groups is 2. The first kappa shape index (κ1) is 40.1. The second kappa shape index (κ2) is 19.8. The van der Waals surface area contributed by atoms with Gasteiger partial charge in [0.05, 0.1) is 37.0 Å². The number of hydrogen-bond acceptors (Lipinski definition) is 10. The van der Waals surface area contributed by atoms with Crippen LogP contribution in [0.2, 0.25) is 0 Å². The quantitative estimate of drug-likeness (QED) is 0.103. The summed E-state index contributed by atoms with van der Waals surface area (Å²) in [6.45, 7) is 0.898. The molecule has 290 valence electrons. The average Bonchev–Trinajstić information content (AvgIpc) is 3.65. The smallest absolute Gasteiger partial charge is 0.242 e. The van der Waals surface area contributed by atoms with Gasteiger partial charge >= 0.3 is 0 Å². The number of nitrogens with one attached hydrogen (secondary N) is 2. The van der Waals surface area contributed by atoms with Gasteiger partial charge in [-0.1, -0.05) is 97.0 Å². The van der Waals surface area contributed by atoms with E-state index in [1.165, 1.54) is 37.7 Å². The molecule has 2 aliphatic heterocycles. The van der Waals surface area contributed by atoms with Gasteiger partial charge in [0.1, 0.15) is 22.0 Å². The molecule has 0 unspecified atom stereocenters. The van der Waals surface area contributed by atoms with Gasteiger partial charge in [-0.2, -0.15) is 0 Å². The fraction of sp³-hybridized carbons (Fsp3) is 0.286. The molecule has 0 aliphatic carbocycles. The summed E-state index contributed by atoms with van der Waals surface area (Å²) in [5.41, 5.74) is 2.54. The summed E-state index contributed by atoms with van der Waals surface area (Å²) >= 11 is 2.61. The van der Waals surface area contributed by atoms with Crippen molar-refractivity contribution in [3.05, 3.63) is 109 Å². The summed E-state index contributed by atoms with van der Waals surface area (Å²) < 4.78 is 10.7. The molecule has 14 heteroatoms. The predicted molar refractivity (Wildman–Crippen MR) is 224 cm³/mol. The van der Waals surface area contributed by atoms with E-state index in [-0.39, 0.29) is 36.5 Å². The summed E-state index contributed by atoms with van der Waals surface area (Å²) in [6, 6.07) is 33.2. The molecule has 2 heterocycles. The van der Waals surface area contributed by atoms with E-state index in [1.807, 2.05) is 84.9 Å². The molecule has 0 saturated carbocycles. The van der Waals surface area contributed by atoms with Crippen molar-refractivity contribution in [1.82, 2.24) is 9.80 Å². The number of unbranched alkanes of at least 4 members (excludes halogenated alkanes) is 3. The van der Waals surface area contributed by atoms with Crippen LogP contribution in [0, 0.1) is 0 Å². The first-order valence-electron chi connectivity index (χ1n) is 18.4. The molecule has 4 amide bonds. The van der Waals surface area contributed by atoms with Gasteiger partial charge in [-0.15, -0.1) is 0 Å². The van der Waals surface area contributed by atoms with Crippen LogP contribution in [0.25, 0.3) is 0 Å². The Hall–Kier alpha value is -5.60. The van der Waals surface area contributed by atoms with Gasteiger partial charge in [0.15, 0.2) is 10.3 Å². The van der Waals surface area contributed by atoms with E-state index < -0.39 is 10.5 Å². The zero-order valence-electron chi connectivity index (χ0n) is 31.3. The van der Waals surface area contributed by atoms with Gasteiger partial charge < -0.3 is 20.1 Å². The van der Waals surface area contributed by atoms with Crippen LogP contribution in [0.4, 0.5) is 22.7 Å². The lowest BCUT2D eigenvalue weighted by Gasteiger charge is -2.18. The molecular weight excluding hydrogens is 749 g/mol. The Morgan fingerprint density at radius 1 is 0.571 bits per heavy atom. The van der Waals surface area contributed by atoms with Crippen LogP contribution in [0.5, 0.6) is 11.5 Å². The third-order valence-corrected chi connectivity index (χ3v) is 11.4. The van der Waals surface area contributed by atoms with Gasteiger partial charge in [-0.3, -0.25) is 29.0 Å². The number of rotatable bonds is 17. The molecule has 4 aromatic carbocycles. The molecule has 0 spiro atoms. The van der Waals surface area contributed by atoms with Crippen LogP contribution in [-0.2, 0) is 19.2 Å². The number of methoxy groups -OCH3 is 2. The molecule has 4 aromatic rings. The molecule has 2 aliphatic rings. The number of anilines is 2. The minimum absolute atomic E-state index is 0.0102. The topological polar surface area (TPSA) is 142 Å². The molecule has 2 fully saturated rings. The van der Waals surface area contributed by atoms with E-state index in [0.717, 1.165) is 24.2 Å². The van der Waals surface area contributed by atoms with Crippen molar-refractivity contribution in [1.29, 1.82) is 0 Å². The fourth-order valence-corrected chi connectivity index (χ4v) is 8.58. The Morgan fingerprint density at radius 2 is 0.946 bits per heavy atom. The molecule has 0 aromatic heterocycles. The molecule has 56 heavy (non-hydrogen) atoms. The van der Waals surface area contributed by atoms with Crippen molar-refractivity contribution < 1.29 is 28.7 Å². The second-order valence-electron chi connectivity index (χ2n) is 13.0. The minimum atomic E-state index is -0.613. The SMILES string of the molecule is COc1ccccc1NC(=O)C[C@@H]1SC(=Nc2ccccc2)N(CCCCCCN2C(=O)[C@@H](CC(=O)Nc3ccccc3OC)SC2=Nc2ccccc2)C1=O. The lowest BCUT2D eigenvalue weighted by molar-refractivity contribution is -0.128. The molecule has 2 saturated heterocycles. The third-order valence-electron chi connectivity index (χ3n) is 9.02. The zero-order chi connectivity index (χ0) is 39.3. The highest BCUT2D eigenvalue weighted by Gasteiger charge is 2.40. The van der Waals surface area contributed by atoms with Crippen LogP contribution >= 0.6 is 23.5 Å². The largest absolute Gasteiger partial charge is 0.495 e. The summed E-state index contributed by atoms with van der Waals surface area (Å²) in [5.74, 6) is 0.207. The predicted octanol–water partition coefficient (Wildman–Crippen LogP) is 7.89. The number of ether oxygens (including phenoxy) is 2. The number of amides is 4. The van der Waals surface area contributed by atoms with Crippen molar-refractivity contribution in [2.24, 2.45) is 9.98 Å². The van der Waals surface area contributed by atoms with Crippen LogP contribution in [-0.4, -0.2) is 81.6 Å². The second-order valence-corrected chi connectivity index (χ2v) is 15.3. The Balaban J connectivity index is 1.04. The molecule has 12 nitrogen and oxygen atoms in total. The van der Waals surface area contributed by atoms with Gasteiger partial charge in [-0.05, 0) is 61.4 Å². The molecule has 6 rings (SSSR count). The fourth-order valence-electron chi connectivity index (χ4n) is 6.22. The molecule has 0 radical (unpaired) electrons. The van der Waals surface area contributed by atoms with Crippen molar-refractivity contribution in [3.63, 3.8) is 0 Å². The number of amidine groups is 2. The van der Waals surface area contributed by atoms with Crippen LogP contribution in [0.15, 0.2) is 119 Å². The number of nitrogens with zero attached hydrogens (tertiary/aromatic N) is 4. The van der Waals surface area contributed by atoms with Crippen LogP contribution in [0.1, 0.15) is 38.5 Å².